The summed E-state index contributed by atoms with van der Waals surface area (Å²) in [6.45, 7) is 3.82. The molecule has 0 bridgehead atoms. The summed E-state index contributed by atoms with van der Waals surface area (Å²) >= 11 is 2.64. The molecule has 10 heteroatoms. The molecule has 0 aliphatic carbocycles. The first-order chi connectivity index (χ1) is 15.1. The van der Waals surface area contributed by atoms with Gasteiger partial charge in [-0.2, -0.15) is 11.3 Å². The molecule has 1 aliphatic heterocycles. The van der Waals surface area contributed by atoms with Crippen LogP contribution in [0.15, 0.2) is 29.0 Å². The molecule has 4 heterocycles. The molecule has 2 amide bonds. The summed E-state index contributed by atoms with van der Waals surface area (Å²) in [4.78, 5) is 45.7. The highest BCUT2D eigenvalue weighted by atomic mass is 32.1. The van der Waals surface area contributed by atoms with Crippen LogP contribution in [0, 0.1) is 0 Å². The number of methoxy groups -OCH3 is 1. The Morgan fingerprint density at radius 2 is 2.10 bits per heavy atom. The number of nitrogens with zero attached hydrogens (tertiary/aromatic N) is 3. The molecule has 0 atom stereocenters. The highest BCUT2D eigenvalue weighted by Crippen LogP contribution is 2.36. The Kier molecular flexibility index (Phi) is 6.59. The molecule has 1 fully saturated rings. The van der Waals surface area contributed by atoms with Crippen molar-refractivity contribution in [3.05, 3.63) is 45.1 Å². The van der Waals surface area contributed by atoms with E-state index in [1.807, 2.05) is 17.5 Å². The lowest BCUT2D eigenvalue weighted by Gasteiger charge is -2.19. The molecule has 0 aromatic carbocycles. The van der Waals surface area contributed by atoms with Crippen LogP contribution >= 0.6 is 22.7 Å². The first kappa shape index (κ1) is 21.4. The lowest BCUT2D eigenvalue weighted by atomic mass is 10.2. The number of rotatable bonds is 6. The molecule has 0 radical (unpaired) electrons. The van der Waals surface area contributed by atoms with E-state index in [4.69, 9.17) is 9.72 Å². The number of hydrogen-bond acceptors (Lipinski definition) is 8. The van der Waals surface area contributed by atoms with Crippen molar-refractivity contribution in [2.75, 3.05) is 38.6 Å². The lowest BCUT2D eigenvalue weighted by molar-refractivity contribution is -0.118. The number of hydrogen-bond donors (Lipinski definition) is 1. The van der Waals surface area contributed by atoms with Crippen LogP contribution in [0.3, 0.4) is 0 Å². The molecule has 0 spiro atoms. The summed E-state index contributed by atoms with van der Waals surface area (Å²) in [5.74, 6) is -0.786. The summed E-state index contributed by atoms with van der Waals surface area (Å²) in [5, 5.41) is 7.15. The normalized spacial score (nSPS) is 14.9. The summed E-state index contributed by atoms with van der Waals surface area (Å²) in [6, 6.07) is 5.54. The third kappa shape index (κ3) is 4.76. The molecule has 1 aliphatic rings. The van der Waals surface area contributed by atoms with E-state index in [2.05, 4.69) is 10.2 Å². The van der Waals surface area contributed by atoms with Crippen LogP contribution in [0.1, 0.15) is 32.1 Å². The van der Waals surface area contributed by atoms with E-state index < -0.39 is 5.97 Å². The van der Waals surface area contributed by atoms with Crippen LogP contribution in [0.4, 0.5) is 5.69 Å². The van der Waals surface area contributed by atoms with Crippen molar-refractivity contribution >= 4 is 56.9 Å². The highest BCUT2D eigenvalue weighted by Gasteiger charge is 2.23. The Balaban J connectivity index is 1.60. The summed E-state index contributed by atoms with van der Waals surface area (Å²) in [5.41, 5.74) is 1.84. The maximum atomic E-state index is 12.6. The Morgan fingerprint density at radius 1 is 1.23 bits per heavy atom. The zero-order chi connectivity index (χ0) is 21.8. The number of thiophene rings is 2. The molecule has 0 saturated carbocycles. The van der Waals surface area contributed by atoms with Gasteiger partial charge in [-0.05, 0) is 30.0 Å². The molecule has 0 unspecified atom stereocenters. The van der Waals surface area contributed by atoms with Crippen molar-refractivity contribution in [1.82, 2.24) is 14.8 Å². The van der Waals surface area contributed by atoms with Gasteiger partial charge in [0.15, 0.2) is 0 Å². The first-order valence-corrected chi connectivity index (χ1v) is 11.6. The zero-order valence-corrected chi connectivity index (χ0v) is 18.6. The van der Waals surface area contributed by atoms with Gasteiger partial charge in [-0.15, -0.1) is 11.3 Å². The third-order valence-electron chi connectivity index (χ3n) is 5.16. The Labute approximate surface area is 187 Å². The second-order valence-electron chi connectivity index (χ2n) is 7.19. The standard InChI is InChI=1S/C21H22N4O4S2/c1-29-21(28)18-17(23-19(27)14-5-10-30-12-14)16-4-3-15(22-20(16)31-18)11-24-6-2-7-25(13-26)9-8-24/h3-5,10,12-13H,2,6-9,11H2,1H3,(H,23,27). The first-order valence-electron chi connectivity index (χ1n) is 9.85. The van der Waals surface area contributed by atoms with Gasteiger partial charge in [0.25, 0.3) is 5.91 Å². The van der Waals surface area contributed by atoms with Crippen molar-refractivity contribution in [2.45, 2.75) is 13.0 Å². The van der Waals surface area contributed by atoms with E-state index in [1.54, 1.807) is 16.3 Å². The van der Waals surface area contributed by atoms with E-state index in [-0.39, 0.29) is 5.91 Å². The fourth-order valence-electron chi connectivity index (χ4n) is 3.53. The Morgan fingerprint density at radius 3 is 2.84 bits per heavy atom. The van der Waals surface area contributed by atoms with Gasteiger partial charge >= 0.3 is 5.97 Å². The van der Waals surface area contributed by atoms with Gasteiger partial charge in [0.1, 0.15) is 9.71 Å². The van der Waals surface area contributed by atoms with Crippen molar-refractivity contribution in [2.24, 2.45) is 0 Å². The van der Waals surface area contributed by atoms with Gasteiger partial charge in [-0.3, -0.25) is 14.5 Å². The van der Waals surface area contributed by atoms with E-state index in [0.29, 0.717) is 39.4 Å². The van der Waals surface area contributed by atoms with Crippen molar-refractivity contribution in [1.29, 1.82) is 0 Å². The molecular weight excluding hydrogens is 436 g/mol. The molecule has 8 nitrogen and oxygen atoms in total. The second kappa shape index (κ2) is 9.54. The predicted molar refractivity (Wildman–Crippen MR) is 121 cm³/mol. The van der Waals surface area contributed by atoms with Gasteiger partial charge in [0, 0.05) is 43.5 Å². The number of aromatic nitrogens is 1. The van der Waals surface area contributed by atoms with E-state index >= 15 is 0 Å². The number of carbonyl (C=O) groups is 3. The van der Waals surface area contributed by atoms with Gasteiger partial charge in [0.05, 0.1) is 24.1 Å². The quantitative estimate of drug-likeness (QED) is 0.451. The minimum atomic E-state index is -0.508. The van der Waals surface area contributed by atoms with E-state index in [9.17, 15) is 14.4 Å². The van der Waals surface area contributed by atoms with Gasteiger partial charge < -0.3 is 15.0 Å². The molecule has 31 heavy (non-hydrogen) atoms. The average molecular weight is 459 g/mol. The number of carbonyl (C=O) groups excluding carboxylic acids is 3. The third-order valence-corrected chi connectivity index (χ3v) is 6.93. The number of amides is 2. The van der Waals surface area contributed by atoms with Crippen molar-refractivity contribution in [3.63, 3.8) is 0 Å². The van der Waals surface area contributed by atoms with Crippen LogP contribution in [0.5, 0.6) is 0 Å². The lowest BCUT2D eigenvalue weighted by Crippen LogP contribution is -2.29. The molecular formula is C21H22N4O4S2. The van der Waals surface area contributed by atoms with Crippen LogP contribution in [0.25, 0.3) is 10.2 Å². The number of fused-ring (bicyclic) bond motifs is 1. The van der Waals surface area contributed by atoms with Crippen molar-refractivity contribution < 1.29 is 19.1 Å². The SMILES string of the molecule is COC(=O)c1sc2nc(CN3CCCN(C=O)CC3)ccc2c1NC(=O)c1ccsc1. The topological polar surface area (TPSA) is 91.8 Å². The fraction of sp³-hybridized carbons (Fsp3) is 0.333. The molecule has 1 N–H and O–H groups in total. The van der Waals surface area contributed by atoms with Gasteiger partial charge in [-0.25, -0.2) is 9.78 Å². The van der Waals surface area contributed by atoms with Crippen LogP contribution in [-0.4, -0.2) is 66.4 Å². The average Bonchev–Trinajstić information content (AvgIpc) is 3.38. The molecule has 162 valence electrons. The summed E-state index contributed by atoms with van der Waals surface area (Å²) < 4.78 is 4.92. The van der Waals surface area contributed by atoms with E-state index in [0.717, 1.165) is 38.2 Å². The Hall–Kier alpha value is -2.82. The number of ether oxygens (including phenoxy) is 1. The second-order valence-corrected chi connectivity index (χ2v) is 8.97. The fourth-order valence-corrected chi connectivity index (χ4v) is 5.23. The van der Waals surface area contributed by atoms with Gasteiger partial charge in [0.2, 0.25) is 6.41 Å². The predicted octanol–water partition coefficient (Wildman–Crippen LogP) is 3.06. The number of anilines is 1. The van der Waals surface area contributed by atoms with Crippen LogP contribution in [0.2, 0.25) is 0 Å². The molecule has 4 rings (SSSR count). The number of pyridine rings is 1. The van der Waals surface area contributed by atoms with Crippen LogP contribution < -0.4 is 5.32 Å². The zero-order valence-electron chi connectivity index (χ0n) is 17.0. The minimum Gasteiger partial charge on any atom is -0.465 e. The maximum Gasteiger partial charge on any atom is 0.350 e. The number of esters is 1. The minimum absolute atomic E-state index is 0.278. The molecule has 3 aromatic rings. The maximum absolute atomic E-state index is 12.6. The monoisotopic (exact) mass is 458 g/mol. The largest absolute Gasteiger partial charge is 0.465 e. The molecule has 1 saturated heterocycles. The highest BCUT2D eigenvalue weighted by molar-refractivity contribution is 7.21. The Bertz CT molecular complexity index is 1100. The summed E-state index contributed by atoms with van der Waals surface area (Å²) in [6.07, 6.45) is 1.82. The summed E-state index contributed by atoms with van der Waals surface area (Å²) in [7, 11) is 1.32. The van der Waals surface area contributed by atoms with Crippen LogP contribution in [-0.2, 0) is 16.1 Å². The van der Waals surface area contributed by atoms with E-state index in [1.165, 1.54) is 29.8 Å². The number of nitrogens with one attached hydrogen (secondary N) is 1. The van der Waals surface area contributed by atoms with Gasteiger partial charge in [-0.1, -0.05) is 0 Å². The smallest absolute Gasteiger partial charge is 0.350 e. The molecule has 3 aromatic heterocycles. The van der Waals surface area contributed by atoms with Crippen molar-refractivity contribution in [3.8, 4) is 0 Å².